The minimum absolute atomic E-state index is 0.127. The fraction of sp³-hybridized carbons (Fsp3) is 0.909. The van der Waals surface area contributed by atoms with Crippen molar-refractivity contribution >= 4 is 5.97 Å². The number of nitrogens with zero attached hydrogens (tertiary/aromatic N) is 1. The molecule has 1 aliphatic heterocycles. The minimum Gasteiger partial charge on any atom is -0.465 e. The molecule has 1 aliphatic rings. The maximum atomic E-state index is 11.5. The van der Waals surface area contributed by atoms with Crippen molar-refractivity contribution in [2.45, 2.75) is 38.8 Å². The number of carbonyl (C=O) groups is 1. The Bertz CT molecular complexity index is 203. The van der Waals surface area contributed by atoms with Crippen LogP contribution in [0.1, 0.15) is 26.7 Å². The van der Waals surface area contributed by atoms with E-state index in [0.29, 0.717) is 12.6 Å². The fourth-order valence-electron chi connectivity index (χ4n) is 1.86. The summed E-state index contributed by atoms with van der Waals surface area (Å²) in [6.45, 7) is 6.21. The first-order valence-corrected chi connectivity index (χ1v) is 5.75. The van der Waals surface area contributed by atoms with Crippen molar-refractivity contribution in [1.29, 1.82) is 0 Å². The Balaban J connectivity index is 2.31. The van der Waals surface area contributed by atoms with Gasteiger partial charge in [0.2, 0.25) is 0 Å². The standard InChI is InChI=1S/C11H22N2O2/c1-4-15-11(14)9(2)13(3)8-10-6-5-7-12-10/h9-10,12H,4-8H2,1-3H3. The van der Waals surface area contributed by atoms with Crippen molar-refractivity contribution in [3.8, 4) is 0 Å². The third kappa shape index (κ3) is 3.80. The lowest BCUT2D eigenvalue weighted by Crippen LogP contribution is -2.43. The largest absolute Gasteiger partial charge is 0.465 e. The first-order valence-electron chi connectivity index (χ1n) is 5.75. The summed E-state index contributed by atoms with van der Waals surface area (Å²) >= 11 is 0. The first-order chi connectivity index (χ1) is 7.15. The minimum atomic E-state index is -0.146. The predicted octanol–water partition coefficient (Wildman–Crippen LogP) is 0.622. The predicted molar refractivity (Wildman–Crippen MR) is 59.7 cm³/mol. The summed E-state index contributed by atoms with van der Waals surface area (Å²) in [6, 6.07) is 0.388. The molecule has 0 aromatic carbocycles. The monoisotopic (exact) mass is 214 g/mol. The molecule has 0 spiro atoms. The second-order valence-electron chi connectivity index (χ2n) is 4.16. The van der Waals surface area contributed by atoms with Crippen LogP contribution in [0.2, 0.25) is 0 Å². The van der Waals surface area contributed by atoms with E-state index in [1.54, 1.807) is 0 Å². The number of rotatable bonds is 5. The highest BCUT2D eigenvalue weighted by molar-refractivity contribution is 5.75. The van der Waals surface area contributed by atoms with Gasteiger partial charge in [-0.05, 0) is 40.3 Å². The van der Waals surface area contributed by atoms with Gasteiger partial charge in [0.25, 0.3) is 0 Å². The number of likely N-dealkylation sites (N-methyl/N-ethyl adjacent to an activating group) is 1. The van der Waals surface area contributed by atoms with Crippen molar-refractivity contribution in [3.05, 3.63) is 0 Å². The Morgan fingerprint density at radius 1 is 1.67 bits per heavy atom. The van der Waals surface area contributed by atoms with Crippen LogP contribution in [0.3, 0.4) is 0 Å². The van der Waals surface area contributed by atoms with Crippen molar-refractivity contribution in [1.82, 2.24) is 10.2 Å². The van der Waals surface area contributed by atoms with Crippen molar-refractivity contribution in [2.75, 3.05) is 26.7 Å². The van der Waals surface area contributed by atoms with E-state index in [0.717, 1.165) is 13.1 Å². The van der Waals surface area contributed by atoms with Gasteiger partial charge in [0.1, 0.15) is 6.04 Å². The third-order valence-corrected chi connectivity index (χ3v) is 2.96. The van der Waals surface area contributed by atoms with Gasteiger partial charge in [-0.15, -0.1) is 0 Å². The highest BCUT2D eigenvalue weighted by Gasteiger charge is 2.23. The molecule has 0 bridgehead atoms. The molecule has 0 aromatic heterocycles. The van der Waals surface area contributed by atoms with Crippen molar-refractivity contribution in [3.63, 3.8) is 0 Å². The molecular formula is C11H22N2O2. The van der Waals surface area contributed by atoms with Crippen LogP contribution in [0.5, 0.6) is 0 Å². The van der Waals surface area contributed by atoms with Gasteiger partial charge in [0, 0.05) is 12.6 Å². The molecule has 4 heteroatoms. The van der Waals surface area contributed by atoms with Crippen molar-refractivity contribution < 1.29 is 9.53 Å². The van der Waals surface area contributed by atoms with Crippen LogP contribution in [0, 0.1) is 0 Å². The average Bonchev–Trinajstić information content (AvgIpc) is 2.69. The van der Waals surface area contributed by atoms with E-state index >= 15 is 0 Å². The summed E-state index contributed by atoms with van der Waals surface area (Å²) < 4.78 is 4.99. The van der Waals surface area contributed by atoms with Gasteiger partial charge in [-0.25, -0.2) is 0 Å². The Morgan fingerprint density at radius 3 is 2.93 bits per heavy atom. The molecule has 1 rings (SSSR count). The van der Waals surface area contributed by atoms with Gasteiger partial charge in [0.05, 0.1) is 6.61 Å². The maximum Gasteiger partial charge on any atom is 0.323 e. The molecule has 1 N–H and O–H groups in total. The molecule has 88 valence electrons. The van der Waals surface area contributed by atoms with Crippen LogP contribution in [-0.2, 0) is 9.53 Å². The van der Waals surface area contributed by atoms with Crippen LogP contribution < -0.4 is 5.32 Å². The average molecular weight is 214 g/mol. The summed E-state index contributed by atoms with van der Waals surface area (Å²) in [4.78, 5) is 13.5. The molecule has 2 atom stereocenters. The molecule has 1 heterocycles. The lowest BCUT2D eigenvalue weighted by atomic mass is 10.2. The van der Waals surface area contributed by atoms with Gasteiger partial charge in [-0.2, -0.15) is 0 Å². The second kappa shape index (κ2) is 6.08. The van der Waals surface area contributed by atoms with Crippen LogP contribution in [0.15, 0.2) is 0 Å². The lowest BCUT2D eigenvalue weighted by molar-refractivity contribution is -0.148. The molecule has 0 radical (unpaired) electrons. The van der Waals surface area contributed by atoms with Gasteiger partial charge >= 0.3 is 5.97 Å². The normalized spacial score (nSPS) is 23.1. The molecule has 0 amide bonds. The molecule has 0 aromatic rings. The topological polar surface area (TPSA) is 41.6 Å². The van der Waals surface area contributed by atoms with E-state index in [1.807, 2.05) is 20.9 Å². The van der Waals surface area contributed by atoms with E-state index < -0.39 is 0 Å². The van der Waals surface area contributed by atoms with Gasteiger partial charge < -0.3 is 10.1 Å². The Kier molecular flexibility index (Phi) is 5.05. The molecule has 2 unspecified atom stereocenters. The molecule has 1 saturated heterocycles. The molecule has 4 nitrogen and oxygen atoms in total. The van der Waals surface area contributed by atoms with Crippen LogP contribution in [0.4, 0.5) is 0 Å². The summed E-state index contributed by atoms with van der Waals surface area (Å²) in [5.41, 5.74) is 0. The lowest BCUT2D eigenvalue weighted by Gasteiger charge is -2.25. The zero-order valence-electron chi connectivity index (χ0n) is 9.95. The van der Waals surface area contributed by atoms with Crippen LogP contribution in [-0.4, -0.2) is 49.7 Å². The summed E-state index contributed by atoms with van der Waals surface area (Å²) in [7, 11) is 1.97. The number of nitrogens with one attached hydrogen (secondary N) is 1. The number of esters is 1. The SMILES string of the molecule is CCOC(=O)C(C)N(C)CC1CCCN1. The number of hydrogen-bond acceptors (Lipinski definition) is 4. The number of carbonyl (C=O) groups excluding carboxylic acids is 1. The van der Waals surface area contributed by atoms with Crippen molar-refractivity contribution in [2.24, 2.45) is 0 Å². The highest BCUT2D eigenvalue weighted by Crippen LogP contribution is 2.08. The quantitative estimate of drug-likeness (QED) is 0.681. The molecule has 0 aliphatic carbocycles. The second-order valence-corrected chi connectivity index (χ2v) is 4.16. The Labute approximate surface area is 92.0 Å². The number of ether oxygens (including phenoxy) is 1. The summed E-state index contributed by atoms with van der Waals surface area (Å²) in [6.07, 6.45) is 2.45. The third-order valence-electron chi connectivity index (χ3n) is 2.96. The van der Waals surface area contributed by atoms with Gasteiger partial charge in [0.15, 0.2) is 0 Å². The Hall–Kier alpha value is -0.610. The van der Waals surface area contributed by atoms with E-state index in [1.165, 1.54) is 12.8 Å². The fourth-order valence-corrected chi connectivity index (χ4v) is 1.86. The molecular weight excluding hydrogens is 192 g/mol. The van der Waals surface area contributed by atoms with E-state index in [-0.39, 0.29) is 12.0 Å². The zero-order valence-corrected chi connectivity index (χ0v) is 9.95. The highest BCUT2D eigenvalue weighted by atomic mass is 16.5. The van der Waals surface area contributed by atoms with Gasteiger partial charge in [-0.3, -0.25) is 9.69 Å². The number of hydrogen-bond donors (Lipinski definition) is 1. The van der Waals surface area contributed by atoms with Gasteiger partial charge in [-0.1, -0.05) is 0 Å². The van der Waals surface area contributed by atoms with E-state index in [2.05, 4.69) is 10.2 Å². The van der Waals surface area contributed by atoms with Crippen LogP contribution >= 0.6 is 0 Å². The Morgan fingerprint density at radius 2 is 2.40 bits per heavy atom. The summed E-state index contributed by atoms with van der Waals surface area (Å²) in [5.74, 6) is -0.127. The molecule has 1 fully saturated rings. The van der Waals surface area contributed by atoms with E-state index in [9.17, 15) is 4.79 Å². The smallest absolute Gasteiger partial charge is 0.323 e. The van der Waals surface area contributed by atoms with E-state index in [4.69, 9.17) is 4.74 Å². The maximum absolute atomic E-state index is 11.5. The zero-order chi connectivity index (χ0) is 11.3. The van der Waals surface area contributed by atoms with Crippen LogP contribution in [0.25, 0.3) is 0 Å². The molecule has 15 heavy (non-hydrogen) atoms. The molecule has 0 saturated carbocycles. The summed E-state index contributed by atoms with van der Waals surface area (Å²) in [5, 5.41) is 3.42. The first kappa shape index (κ1) is 12.5.